The molecule has 3 rings (SSSR count). The Morgan fingerprint density at radius 1 is 1.17 bits per heavy atom. The second-order valence-electron chi connectivity index (χ2n) is 6.81. The fourth-order valence-corrected chi connectivity index (χ4v) is 3.28. The van der Waals surface area contributed by atoms with Crippen molar-refractivity contribution < 1.29 is 18.7 Å². The average Bonchev–Trinajstić information content (AvgIpc) is 3.00. The number of esters is 1. The molecule has 156 valence electrons. The Balaban J connectivity index is 1.59. The van der Waals surface area contributed by atoms with Gasteiger partial charge >= 0.3 is 5.97 Å². The number of benzene rings is 2. The normalized spacial score (nSPS) is 11.7. The lowest BCUT2D eigenvalue weighted by Crippen LogP contribution is -2.31. The van der Waals surface area contributed by atoms with Gasteiger partial charge in [0, 0.05) is 0 Å². The van der Waals surface area contributed by atoms with Crippen LogP contribution >= 0.6 is 11.6 Å². The van der Waals surface area contributed by atoms with E-state index in [2.05, 4.69) is 10.4 Å². The molecule has 0 spiro atoms. The molecule has 0 saturated carbocycles. The molecule has 0 saturated heterocycles. The number of ether oxygens (including phenoxy) is 1. The second kappa shape index (κ2) is 9.54. The largest absolute Gasteiger partial charge is 0.452 e. The molecule has 8 heteroatoms. The maximum atomic E-state index is 13.0. The van der Waals surface area contributed by atoms with Gasteiger partial charge < -0.3 is 10.1 Å². The van der Waals surface area contributed by atoms with E-state index < -0.39 is 18.5 Å². The topological polar surface area (TPSA) is 73.2 Å². The van der Waals surface area contributed by atoms with Crippen LogP contribution in [0.5, 0.6) is 0 Å². The molecule has 1 heterocycles. The third-order valence-corrected chi connectivity index (χ3v) is 4.91. The quantitative estimate of drug-likeness (QED) is 0.575. The summed E-state index contributed by atoms with van der Waals surface area (Å²) in [5.41, 5.74) is 2.26. The predicted octanol–water partition coefficient (Wildman–Crippen LogP) is 4.07. The van der Waals surface area contributed by atoms with Crippen molar-refractivity contribution in [2.45, 2.75) is 26.4 Å². The number of hydrogen-bond donors (Lipinski definition) is 1. The molecule has 0 aliphatic heterocycles. The maximum Gasteiger partial charge on any atom is 0.343 e. The van der Waals surface area contributed by atoms with Crippen LogP contribution in [-0.4, -0.2) is 28.3 Å². The summed E-state index contributed by atoms with van der Waals surface area (Å²) in [5, 5.41) is 7.15. The number of nitrogens with zero attached hydrogens (tertiary/aromatic N) is 2. The van der Waals surface area contributed by atoms with Gasteiger partial charge in [-0.15, -0.1) is 0 Å². The van der Waals surface area contributed by atoms with E-state index in [1.54, 1.807) is 26.0 Å². The van der Waals surface area contributed by atoms with Crippen LogP contribution in [0.3, 0.4) is 0 Å². The molecular formula is C22H21ClFN3O3. The minimum Gasteiger partial charge on any atom is -0.452 e. The van der Waals surface area contributed by atoms with Crippen molar-refractivity contribution in [1.29, 1.82) is 0 Å². The van der Waals surface area contributed by atoms with E-state index in [-0.39, 0.29) is 22.6 Å². The molecule has 1 amide bonds. The molecule has 0 radical (unpaired) electrons. The minimum atomic E-state index is -0.721. The van der Waals surface area contributed by atoms with Gasteiger partial charge in [0.2, 0.25) is 0 Å². The van der Waals surface area contributed by atoms with Gasteiger partial charge in [-0.2, -0.15) is 5.10 Å². The number of amides is 1. The van der Waals surface area contributed by atoms with Crippen LogP contribution in [0.1, 0.15) is 40.1 Å². The monoisotopic (exact) mass is 429 g/mol. The Morgan fingerprint density at radius 2 is 1.83 bits per heavy atom. The van der Waals surface area contributed by atoms with Crippen molar-refractivity contribution in [2.24, 2.45) is 0 Å². The van der Waals surface area contributed by atoms with Crippen molar-refractivity contribution in [2.75, 3.05) is 6.61 Å². The maximum absolute atomic E-state index is 13.0. The van der Waals surface area contributed by atoms with E-state index in [1.165, 1.54) is 16.8 Å². The number of carbonyl (C=O) groups is 2. The Bertz CT molecular complexity index is 1040. The molecule has 0 fully saturated rings. The van der Waals surface area contributed by atoms with E-state index >= 15 is 0 Å². The first-order valence-corrected chi connectivity index (χ1v) is 9.71. The number of halogens is 2. The highest BCUT2D eigenvalue weighted by atomic mass is 35.5. The molecule has 30 heavy (non-hydrogen) atoms. The smallest absolute Gasteiger partial charge is 0.343 e. The summed E-state index contributed by atoms with van der Waals surface area (Å²) in [6.45, 7) is 3.34. The first-order chi connectivity index (χ1) is 14.3. The van der Waals surface area contributed by atoms with E-state index in [9.17, 15) is 14.0 Å². The van der Waals surface area contributed by atoms with E-state index in [4.69, 9.17) is 16.3 Å². The highest BCUT2D eigenvalue weighted by molar-refractivity contribution is 6.32. The van der Waals surface area contributed by atoms with Crippen LogP contribution < -0.4 is 5.32 Å². The number of rotatable bonds is 7. The fraction of sp³-hybridized carbons (Fsp3) is 0.227. The molecule has 1 N–H and O–H groups in total. The van der Waals surface area contributed by atoms with Gasteiger partial charge in [-0.3, -0.25) is 4.79 Å². The molecule has 2 aromatic carbocycles. The van der Waals surface area contributed by atoms with Gasteiger partial charge in [-0.05, 0) is 37.1 Å². The van der Waals surface area contributed by atoms with Crippen molar-refractivity contribution in [3.05, 3.63) is 88.0 Å². The lowest BCUT2D eigenvalue weighted by atomic mass is 10.1. The summed E-state index contributed by atoms with van der Waals surface area (Å²) >= 11 is 6.34. The third kappa shape index (κ3) is 5.24. The lowest BCUT2D eigenvalue weighted by Gasteiger charge is -2.14. The number of hydrogen-bond acceptors (Lipinski definition) is 4. The standard InChI is InChI=1S/C22H21ClFN3O3/c1-14(17-8-10-18(24)11-9-17)25-19(28)13-30-22(29)20-15(2)26-27(21(20)23)12-16-6-4-3-5-7-16/h3-11,14H,12-13H2,1-2H3,(H,25,28). The molecule has 0 bridgehead atoms. The van der Waals surface area contributed by atoms with Gasteiger partial charge in [0.25, 0.3) is 5.91 Å². The van der Waals surface area contributed by atoms with Crippen LogP contribution in [0.25, 0.3) is 0 Å². The van der Waals surface area contributed by atoms with Crippen LogP contribution in [-0.2, 0) is 16.1 Å². The molecule has 0 aliphatic carbocycles. The SMILES string of the molecule is Cc1nn(Cc2ccccc2)c(Cl)c1C(=O)OCC(=O)NC(C)c1ccc(F)cc1. The number of carbonyl (C=O) groups excluding carboxylic acids is 2. The first kappa shape index (κ1) is 21.5. The van der Waals surface area contributed by atoms with Gasteiger partial charge in [-0.25, -0.2) is 13.9 Å². The number of aromatic nitrogens is 2. The zero-order valence-electron chi connectivity index (χ0n) is 16.6. The van der Waals surface area contributed by atoms with Gasteiger partial charge in [-0.1, -0.05) is 54.1 Å². The summed E-state index contributed by atoms with van der Waals surface area (Å²) < 4.78 is 19.6. The van der Waals surface area contributed by atoms with Gasteiger partial charge in [0.05, 0.1) is 18.3 Å². The molecule has 1 aromatic heterocycles. The average molecular weight is 430 g/mol. The zero-order valence-corrected chi connectivity index (χ0v) is 17.3. The third-order valence-electron chi connectivity index (χ3n) is 4.53. The molecule has 6 nitrogen and oxygen atoms in total. The molecule has 3 aromatic rings. The Morgan fingerprint density at radius 3 is 2.50 bits per heavy atom. The Kier molecular flexibility index (Phi) is 6.84. The highest BCUT2D eigenvalue weighted by Crippen LogP contribution is 2.22. The summed E-state index contributed by atoms with van der Waals surface area (Å²) in [6.07, 6.45) is 0. The first-order valence-electron chi connectivity index (χ1n) is 9.34. The van der Waals surface area contributed by atoms with Crippen LogP contribution in [0.4, 0.5) is 4.39 Å². The minimum absolute atomic E-state index is 0.131. The highest BCUT2D eigenvalue weighted by Gasteiger charge is 2.23. The summed E-state index contributed by atoms with van der Waals surface area (Å²) in [6, 6.07) is 15.0. The second-order valence-corrected chi connectivity index (χ2v) is 7.17. The fourth-order valence-electron chi connectivity index (χ4n) is 2.97. The molecule has 0 aliphatic rings. The van der Waals surface area contributed by atoms with Crippen LogP contribution in [0.15, 0.2) is 54.6 Å². The number of aryl methyl sites for hydroxylation is 1. The Labute approximate surface area is 178 Å². The van der Waals surface area contributed by atoms with Gasteiger partial charge in [0.1, 0.15) is 16.5 Å². The van der Waals surface area contributed by atoms with Crippen LogP contribution in [0, 0.1) is 12.7 Å². The van der Waals surface area contributed by atoms with Crippen molar-refractivity contribution >= 4 is 23.5 Å². The predicted molar refractivity (Wildman–Crippen MR) is 111 cm³/mol. The molecule has 1 unspecified atom stereocenters. The summed E-state index contributed by atoms with van der Waals surface area (Å²) in [4.78, 5) is 24.6. The van der Waals surface area contributed by atoms with Crippen molar-refractivity contribution in [1.82, 2.24) is 15.1 Å². The van der Waals surface area contributed by atoms with E-state index in [1.807, 2.05) is 30.3 Å². The zero-order chi connectivity index (χ0) is 21.7. The van der Waals surface area contributed by atoms with Crippen molar-refractivity contribution in [3.63, 3.8) is 0 Å². The van der Waals surface area contributed by atoms with E-state index in [0.717, 1.165) is 11.1 Å². The summed E-state index contributed by atoms with van der Waals surface area (Å²) in [5.74, 6) is -1.56. The van der Waals surface area contributed by atoms with Crippen LogP contribution in [0.2, 0.25) is 5.15 Å². The Hall–Kier alpha value is -3.19. The van der Waals surface area contributed by atoms with Gasteiger partial charge in [0.15, 0.2) is 6.61 Å². The van der Waals surface area contributed by atoms with Crippen molar-refractivity contribution in [3.8, 4) is 0 Å². The number of nitrogens with one attached hydrogen (secondary N) is 1. The molecular weight excluding hydrogens is 409 g/mol. The lowest BCUT2D eigenvalue weighted by molar-refractivity contribution is -0.124. The molecule has 1 atom stereocenters. The summed E-state index contributed by atoms with van der Waals surface area (Å²) in [7, 11) is 0. The van der Waals surface area contributed by atoms with E-state index in [0.29, 0.717) is 12.2 Å².